The fraction of sp³-hybridized carbons (Fsp3) is 0.235. The van der Waals surface area contributed by atoms with Gasteiger partial charge < -0.3 is 10.0 Å². The summed E-state index contributed by atoms with van der Waals surface area (Å²) in [6, 6.07) is 11.9. The van der Waals surface area contributed by atoms with Gasteiger partial charge in [-0.15, -0.1) is 0 Å². The van der Waals surface area contributed by atoms with Gasteiger partial charge in [0.15, 0.2) is 5.82 Å². The number of hydrogen-bond donors (Lipinski definition) is 2. The number of aliphatic hydroxyl groups is 1. The summed E-state index contributed by atoms with van der Waals surface area (Å²) >= 11 is 0. The minimum absolute atomic E-state index is 0.267. The number of aromatic nitrogens is 4. The smallest absolute Gasteiger partial charge is 0.161 e. The number of nitrogens with zero attached hydrogens (tertiary/aromatic N) is 4. The fourth-order valence-corrected chi connectivity index (χ4v) is 2.86. The minimum atomic E-state index is -0.267. The van der Waals surface area contributed by atoms with Crippen molar-refractivity contribution in [3.8, 4) is 22.6 Å². The maximum atomic E-state index is 9.69. The zero-order chi connectivity index (χ0) is 15.6. The molecule has 116 valence electrons. The molecule has 1 fully saturated rings. The summed E-state index contributed by atoms with van der Waals surface area (Å²) in [6.07, 6.45) is 4.02. The molecule has 2 aromatic heterocycles. The molecule has 0 bridgehead atoms. The summed E-state index contributed by atoms with van der Waals surface area (Å²) in [5, 5.41) is 16.6. The summed E-state index contributed by atoms with van der Waals surface area (Å²) < 4.78 is 0. The van der Waals surface area contributed by atoms with Gasteiger partial charge in [0.25, 0.3) is 0 Å². The Labute approximate surface area is 133 Å². The molecule has 1 aromatic carbocycles. The van der Waals surface area contributed by atoms with E-state index in [1.165, 1.54) is 0 Å². The highest BCUT2D eigenvalue weighted by Gasteiger charge is 2.21. The van der Waals surface area contributed by atoms with Crippen molar-refractivity contribution in [3.63, 3.8) is 0 Å². The molecule has 0 spiro atoms. The first-order chi connectivity index (χ1) is 11.3. The van der Waals surface area contributed by atoms with E-state index in [1.807, 2.05) is 36.4 Å². The van der Waals surface area contributed by atoms with Crippen LogP contribution in [0.5, 0.6) is 0 Å². The topological polar surface area (TPSA) is 77.9 Å². The Morgan fingerprint density at radius 2 is 2.04 bits per heavy atom. The van der Waals surface area contributed by atoms with Crippen LogP contribution in [-0.4, -0.2) is 44.5 Å². The van der Waals surface area contributed by atoms with Gasteiger partial charge in [-0.1, -0.05) is 18.2 Å². The molecule has 3 aromatic rings. The van der Waals surface area contributed by atoms with Crippen LogP contribution in [0.3, 0.4) is 0 Å². The summed E-state index contributed by atoms with van der Waals surface area (Å²) in [5.41, 5.74) is 2.97. The number of rotatable bonds is 3. The van der Waals surface area contributed by atoms with Crippen molar-refractivity contribution in [3.05, 3.63) is 48.8 Å². The molecule has 6 nitrogen and oxygen atoms in total. The zero-order valence-corrected chi connectivity index (χ0v) is 12.6. The predicted molar refractivity (Wildman–Crippen MR) is 87.9 cm³/mol. The highest BCUT2D eigenvalue weighted by molar-refractivity contribution is 5.68. The van der Waals surface area contributed by atoms with E-state index in [9.17, 15) is 5.11 Å². The van der Waals surface area contributed by atoms with Gasteiger partial charge in [-0.25, -0.2) is 9.97 Å². The van der Waals surface area contributed by atoms with Gasteiger partial charge in [0.1, 0.15) is 5.82 Å². The minimum Gasteiger partial charge on any atom is -0.391 e. The molecule has 0 unspecified atom stereocenters. The van der Waals surface area contributed by atoms with Crippen LogP contribution in [0.15, 0.2) is 48.8 Å². The van der Waals surface area contributed by atoms with Crippen molar-refractivity contribution in [1.82, 2.24) is 20.2 Å². The van der Waals surface area contributed by atoms with Gasteiger partial charge >= 0.3 is 0 Å². The Kier molecular flexibility index (Phi) is 3.51. The summed E-state index contributed by atoms with van der Waals surface area (Å²) in [5.74, 6) is 1.55. The fourth-order valence-electron chi connectivity index (χ4n) is 2.86. The first kappa shape index (κ1) is 13.9. The van der Waals surface area contributed by atoms with Gasteiger partial charge in [-0.05, 0) is 24.6 Å². The molecule has 1 aliphatic heterocycles. The van der Waals surface area contributed by atoms with Crippen LogP contribution in [0.4, 0.5) is 5.82 Å². The van der Waals surface area contributed by atoms with E-state index in [4.69, 9.17) is 0 Å². The van der Waals surface area contributed by atoms with E-state index in [1.54, 1.807) is 12.4 Å². The molecule has 1 saturated heterocycles. The second-order valence-corrected chi connectivity index (χ2v) is 5.68. The van der Waals surface area contributed by atoms with E-state index in [2.05, 4.69) is 25.1 Å². The van der Waals surface area contributed by atoms with Crippen LogP contribution < -0.4 is 4.90 Å². The third-order valence-electron chi connectivity index (χ3n) is 4.06. The van der Waals surface area contributed by atoms with Crippen LogP contribution >= 0.6 is 0 Å². The van der Waals surface area contributed by atoms with Crippen molar-refractivity contribution in [2.24, 2.45) is 0 Å². The zero-order valence-electron chi connectivity index (χ0n) is 12.6. The van der Waals surface area contributed by atoms with Gasteiger partial charge in [0, 0.05) is 36.6 Å². The molecule has 1 aliphatic rings. The number of β-amino-alcohol motifs (C(OH)–C–C–N with tert-alkyl or cyclic N) is 1. The van der Waals surface area contributed by atoms with Crippen LogP contribution in [0.2, 0.25) is 0 Å². The lowest BCUT2D eigenvalue weighted by molar-refractivity contribution is 0.198. The highest BCUT2D eigenvalue weighted by Crippen LogP contribution is 2.25. The second kappa shape index (κ2) is 5.81. The third-order valence-corrected chi connectivity index (χ3v) is 4.06. The van der Waals surface area contributed by atoms with Crippen LogP contribution in [0, 0.1) is 0 Å². The monoisotopic (exact) mass is 307 g/mol. The van der Waals surface area contributed by atoms with Gasteiger partial charge in [0.2, 0.25) is 0 Å². The number of anilines is 1. The predicted octanol–water partition coefficient (Wildman–Crippen LogP) is 2.10. The molecule has 2 N–H and O–H groups in total. The Morgan fingerprint density at radius 3 is 2.83 bits per heavy atom. The van der Waals surface area contributed by atoms with E-state index in [0.717, 1.165) is 35.6 Å². The quantitative estimate of drug-likeness (QED) is 0.775. The lowest BCUT2D eigenvalue weighted by Gasteiger charge is -2.16. The average molecular weight is 307 g/mol. The number of nitrogens with one attached hydrogen (secondary N) is 1. The lowest BCUT2D eigenvalue weighted by atomic mass is 10.1. The maximum absolute atomic E-state index is 9.69. The van der Waals surface area contributed by atoms with E-state index in [-0.39, 0.29) is 6.10 Å². The van der Waals surface area contributed by atoms with Crippen LogP contribution in [0.1, 0.15) is 6.42 Å². The molecule has 1 atom stereocenters. The number of benzene rings is 1. The highest BCUT2D eigenvalue weighted by atomic mass is 16.3. The maximum Gasteiger partial charge on any atom is 0.161 e. The van der Waals surface area contributed by atoms with Crippen molar-refractivity contribution in [2.45, 2.75) is 12.5 Å². The van der Waals surface area contributed by atoms with Crippen molar-refractivity contribution in [2.75, 3.05) is 18.0 Å². The molecule has 0 aliphatic carbocycles. The molecule has 3 heterocycles. The Balaban J connectivity index is 1.67. The van der Waals surface area contributed by atoms with Crippen LogP contribution in [-0.2, 0) is 0 Å². The normalized spacial score (nSPS) is 17.6. The molecular weight excluding hydrogens is 290 g/mol. The molecule has 0 saturated carbocycles. The van der Waals surface area contributed by atoms with Crippen molar-refractivity contribution < 1.29 is 5.11 Å². The first-order valence-corrected chi connectivity index (χ1v) is 7.66. The number of H-pyrrole nitrogens is 1. The number of hydrogen-bond acceptors (Lipinski definition) is 5. The summed E-state index contributed by atoms with van der Waals surface area (Å²) in [6.45, 7) is 1.45. The summed E-state index contributed by atoms with van der Waals surface area (Å²) in [7, 11) is 0. The average Bonchev–Trinajstić information content (AvgIpc) is 3.27. The lowest BCUT2D eigenvalue weighted by Crippen LogP contribution is -2.22. The first-order valence-electron chi connectivity index (χ1n) is 7.66. The number of aromatic amines is 1. The van der Waals surface area contributed by atoms with E-state index < -0.39 is 0 Å². The van der Waals surface area contributed by atoms with Crippen molar-refractivity contribution in [1.29, 1.82) is 0 Å². The SMILES string of the molecule is O[C@@H]1CCN(c2ccnc(-c3cccc(-c4ccn[nH]4)c3)n2)C1. The third kappa shape index (κ3) is 2.80. The molecule has 4 rings (SSSR count). The molecule has 0 radical (unpaired) electrons. The van der Waals surface area contributed by atoms with Gasteiger partial charge in [-0.3, -0.25) is 5.10 Å². The Hall–Kier alpha value is -2.73. The molecule has 23 heavy (non-hydrogen) atoms. The largest absolute Gasteiger partial charge is 0.391 e. The molecular formula is C17H17N5O. The number of aliphatic hydroxyl groups excluding tert-OH is 1. The van der Waals surface area contributed by atoms with E-state index in [0.29, 0.717) is 12.4 Å². The molecule has 6 heteroatoms. The Morgan fingerprint density at radius 1 is 1.13 bits per heavy atom. The summed E-state index contributed by atoms with van der Waals surface area (Å²) in [4.78, 5) is 11.1. The van der Waals surface area contributed by atoms with E-state index >= 15 is 0 Å². The van der Waals surface area contributed by atoms with Crippen molar-refractivity contribution >= 4 is 5.82 Å². The second-order valence-electron chi connectivity index (χ2n) is 5.68. The molecule has 0 amide bonds. The standard InChI is InChI=1S/C17H17N5O/c23-14-6-9-22(11-14)16-5-7-18-17(20-16)13-3-1-2-12(10-13)15-4-8-19-21-15/h1-5,7-8,10,14,23H,6,9,11H2,(H,19,21)/t14-/m1/s1. The van der Waals surface area contributed by atoms with Crippen LogP contribution in [0.25, 0.3) is 22.6 Å². The van der Waals surface area contributed by atoms with Gasteiger partial charge in [0.05, 0.1) is 11.8 Å². The van der Waals surface area contributed by atoms with Gasteiger partial charge in [-0.2, -0.15) is 5.10 Å². The Bertz CT molecular complexity index is 802.